The zero-order valence-corrected chi connectivity index (χ0v) is 19.3. The molecule has 3 aromatic rings. The van der Waals surface area contributed by atoms with E-state index in [-0.39, 0.29) is 6.10 Å². The summed E-state index contributed by atoms with van der Waals surface area (Å²) < 4.78 is 11.8. The molecule has 3 aromatic carbocycles. The van der Waals surface area contributed by atoms with Gasteiger partial charge >= 0.3 is 0 Å². The molecular weight excluding hydrogens is 380 g/mol. The Morgan fingerprint density at radius 3 is 1.81 bits per heavy atom. The van der Waals surface area contributed by atoms with Crippen LogP contribution in [0.25, 0.3) is 22.3 Å². The van der Waals surface area contributed by atoms with E-state index in [9.17, 15) is 0 Å². The maximum Gasteiger partial charge on any atom is 0.119 e. The molecule has 31 heavy (non-hydrogen) atoms. The van der Waals surface area contributed by atoms with Gasteiger partial charge in [0.1, 0.15) is 5.75 Å². The highest BCUT2D eigenvalue weighted by Crippen LogP contribution is 2.33. The van der Waals surface area contributed by atoms with Gasteiger partial charge in [0.2, 0.25) is 0 Å². The van der Waals surface area contributed by atoms with Crippen LogP contribution in [-0.2, 0) is 4.74 Å². The second-order valence-corrected chi connectivity index (χ2v) is 8.11. The zero-order valence-electron chi connectivity index (χ0n) is 19.3. The number of hydrogen-bond donors (Lipinski definition) is 0. The lowest BCUT2D eigenvalue weighted by atomic mass is 9.94. The van der Waals surface area contributed by atoms with E-state index in [0.717, 1.165) is 38.2 Å². The highest BCUT2D eigenvalue weighted by atomic mass is 16.5. The number of unbranched alkanes of at least 4 members (excludes halogenated alkanes) is 3. The molecular formula is C29H36O2. The Kier molecular flexibility index (Phi) is 9.17. The van der Waals surface area contributed by atoms with Crippen molar-refractivity contribution >= 4 is 0 Å². The van der Waals surface area contributed by atoms with Gasteiger partial charge < -0.3 is 9.47 Å². The third-order valence-electron chi connectivity index (χ3n) is 5.67. The minimum absolute atomic E-state index is 0.126. The highest BCUT2D eigenvalue weighted by Gasteiger charge is 2.10. The molecule has 0 aliphatic heterocycles. The molecule has 0 heterocycles. The van der Waals surface area contributed by atoms with Crippen LogP contribution in [0.4, 0.5) is 0 Å². The monoisotopic (exact) mass is 416 g/mol. The number of rotatable bonds is 12. The number of benzene rings is 3. The second kappa shape index (κ2) is 12.3. The Balaban J connectivity index is 1.73. The first-order chi connectivity index (χ1) is 15.2. The van der Waals surface area contributed by atoms with Gasteiger partial charge in [-0.15, -0.1) is 0 Å². The summed E-state index contributed by atoms with van der Waals surface area (Å²) in [4.78, 5) is 0. The van der Waals surface area contributed by atoms with Crippen molar-refractivity contribution in [3.63, 3.8) is 0 Å². The van der Waals surface area contributed by atoms with Crippen LogP contribution >= 0.6 is 0 Å². The van der Waals surface area contributed by atoms with Gasteiger partial charge in [-0.2, -0.15) is 0 Å². The van der Waals surface area contributed by atoms with Crippen molar-refractivity contribution in [3.05, 3.63) is 78.4 Å². The van der Waals surface area contributed by atoms with Gasteiger partial charge in [0, 0.05) is 6.61 Å². The van der Waals surface area contributed by atoms with Crippen LogP contribution in [0.1, 0.15) is 64.5 Å². The molecule has 0 saturated carbocycles. The van der Waals surface area contributed by atoms with Crippen molar-refractivity contribution < 1.29 is 9.47 Å². The molecule has 1 atom stereocenters. The second-order valence-electron chi connectivity index (χ2n) is 8.11. The van der Waals surface area contributed by atoms with Gasteiger partial charge in [-0.05, 0) is 59.7 Å². The Bertz CT molecular complexity index is 897. The van der Waals surface area contributed by atoms with E-state index in [2.05, 4.69) is 93.6 Å². The molecule has 164 valence electrons. The normalized spacial score (nSPS) is 12.0. The first kappa shape index (κ1) is 23.1. The van der Waals surface area contributed by atoms with Crippen LogP contribution in [0.5, 0.6) is 5.75 Å². The van der Waals surface area contributed by atoms with Gasteiger partial charge in [-0.3, -0.25) is 0 Å². The molecule has 0 aliphatic carbocycles. The molecule has 0 fully saturated rings. The SMILES string of the molecule is CCCCCOc1ccc(-c2ccccc2-c2ccc(C(C)OCCCC)cc2)cc1. The zero-order chi connectivity index (χ0) is 21.9. The predicted octanol–water partition coefficient (Wildman–Crippen LogP) is 8.47. The highest BCUT2D eigenvalue weighted by molar-refractivity contribution is 5.83. The summed E-state index contributed by atoms with van der Waals surface area (Å²) >= 11 is 0. The van der Waals surface area contributed by atoms with Crippen LogP contribution in [0.15, 0.2) is 72.8 Å². The van der Waals surface area contributed by atoms with Crippen molar-refractivity contribution in [2.75, 3.05) is 13.2 Å². The molecule has 2 nitrogen and oxygen atoms in total. The van der Waals surface area contributed by atoms with Crippen molar-refractivity contribution in [2.24, 2.45) is 0 Å². The predicted molar refractivity (Wildman–Crippen MR) is 132 cm³/mol. The maximum absolute atomic E-state index is 5.95. The third-order valence-corrected chi connectivity index (χ3v) is 5.67. The molecule has 0 N–H and O–H groups in total. The van der Waals surface area contributed by atoms with Crippen LogP contribution in [0, 0.1) is 0 Å². The molecule has 0 aliphatic rings. The fourth-order valence-corrected chi connectivity index (χ4v) is 3.69. The van der Waals surface area contributed by atoms with Crippen molar-refractivity contribution in [1.29, 1.82) is 0 Å². The Hall–Kier alpha value is -2.58. The molecule has 0 bridgehead atoms. The first-order valence-corrected chi connectivity index (χ1v) is 11.8. The maximum atomic E-state index is 5.95. The lowest BCUT2D eigenvalue weighted by Gasteiger charge is -2.15. The molecule has 0 saturated heterocycles. The summed E-state index contributed by atoms with van der Waals surface area (Å²) in [5.74, 6) is 0.943. The Morgan fingerprint density at radius 1 is 0.645 bits per heavy atom. The van der Waals surface area contributed by atoms with Crippen molar-refractivity contribution in [2.45, 2.75) is 59.0 Å². The Morgan fingerprint density at radius 2 is 1.23 bits per heavy atom. The molecule has 0 spiro atoms. The van der Waals surface area contributed by atoms with Crippen molar-refractivity contribution in [1.82, 2.24) is 0 Å². The van der Waals surface area contributed by atoms with E-state index < -0.39 is 0 Å². The van der Waals surface area contributed by atoms with Crippen LogP contribution in [0.3, 0.4) is 0 Å². The van der Waals surface area contributed by atoms with Gasteiger partial charge in [-0.1, -0.05) is 93.8 Å². The topological polar surface area (TPSA) is 18.5 Å². The summed E-state index contributed by atoms with van der Waals surface area (Å²) in [6, 6.07) is 25.9. The molecule has 0 radical (unpaired) electrons. The summed E-state index contributed by atoms with van der Waals surface area (Å²) in [5.41, 5.74) is 6.13. The minimum Gasteiger partial charge on any atom is -0.494 e. The summed E-state index contributed by atoms with van der Waals surface area (Å²) in [7, 11) is 0. The molecule has 3 rings (SSSR count). The minimum atomic E-state index is 0.126. The average molecular weight is 417 g/mol. The molecule has 0 aromatic heterocycles. The lowest BCUT2D eigenvalue weighted by Crippen LogP contribution is -2.01. The quantitative estimate of drug-likeness (QED) is 0.276. The smallest absolute Gasteiger partial charge is 0.119 e. The average Bonchev–Trinajstić information content (AvgIpc) is 2.82. The van der Waals surface area contributed by atoms with Crippen LogP contribution < -0.4 is 4.74 Å². The third kappa shape index (κ3) is 6.70. The standard InChI is InChI=1S/C29H36O2/c1-4-6-10-22-31-27-19-17-26(18-20-27)29-12-9-8-11-28(29)25-15-13-24(14-16-25)23(3)30-21-7-5-2/h8-9,11-20,23H,4-7,10,21-22H2,1-3H3. The first-order valence-electron chi connectivity index (χ1n) is 11.8. The largest absolute Gasteiger partial charge is 0.494 e. The van der Waals surface area contributed by atoms with E-state index >= 15 is 0 Å². The van der Waals surface area contributed by atoms with Gasteiger partial charge in [0.15, 0.2) is 0 Å². The van der Waals surface area contributed by atoms with Gasteiger partial charge in [0.05, 0.1) is 12.7 Å². The number of hydrogen-bond acceptors (Lipinski definition) is 2. The van der Waals surface area contributed by atoms with E-state index in [1.165, 1.54) is 40.7 Å². The van der Waals surface area contributed by atoms with E-state index in [1.807, 2.05) is 0 Å². The van der Waals surface area contributed by atoms with E-state index in [1.54, 1.807) is 0 Å². The van der Waals surface area contributed by atoms with Gasteiger partial charge in [-0.25, -0.2) is 0 Å². The summed E-state index contributed by atoms with van der Waals surface area (Å²) in [6.07, 6.45) is 5.94. The fraction of sp³-hybridized carbons (Fsp3) is 0.379. The number of ether oxygens (including phenoxy) is 2. The lowest BCUT2D eigenvalue weighted by molar-refractivity contribution is 0.0637. The van der Waals surface area contributed by atoms with Crippen LogP contribution in [0.2, 0.25) is 0 Å². The van der Waals surface area contributed by atoms with E-state index in [4.69, 9.17) is 9.47 Å². The van der Waals surface area contributed by atoms with Gasteiger partial charge in [0.25, 0.3) is 0 Å². The molecule has 1 unspecified atom stereocenters. The van der Waals surface area contributed by atoms with Crippen LogP contribution in [-0.4, -0.2) is 13.2 Å². The molecule has 0 amide bonds. The van der Waals surface area contributed by atoms with E-state index in [0.29, 0.717) is 0 Å². The van der Waals surface area contributed by atoms with Crippen molar-refractivity contribution in [3.8, 4) is 28.0 Å². The Labute approximate surface area is 188 Å². The molecule has 2 heteroatoms. The summed E-state index contributed by atoms with van der Waals surface area (Å²) in [5, 5.41) is 0. The fourth-order valence-electron chi connectivity index (χ4n) is 3.69. The summed E-state index contributed by atoms with van der Waals surface area (Å²) in [6.45, 7) is 8.14.